The smallest absolute Gasteiger partial charge is 0.266 e. The molecule has 7 nitrogen and oxygen atoms in total. The molecular formula is C22H26N4O3. The molecule has 1 N–H and O–H groups in total. The molecule has 0 saturated carbocycles. The summed E-state index contributed by atoms with van der Waals surface area (Å²) >= 11 is 0. The Balaban J connectivity index is 1.34. The topological polar surface area (TPSA) is 84.4 Å². The van der Waals surface area contributed by atoms with E-state index >= 15 is 0 Å². The van der Waals surface area contributed by atoms with Gasteiger partial charge in [0.05, 0.1) is 5.69 Å². The van der Waals surface area contributed by atoms with Crippen molar-refractivity contribution in [3.05, 3.63) is 70.7 Å². The Kier molecular flexibility index (Phi) is 5.87. The quantitative estimate of drug-likeness (QED) is 0.692. The van der Waals surface area contributed by atoms with Crippen LogP contribution in [0.5, 0.6) is 0 Å². The van der Waals surface area contributed by atoms with E-state index in [1.54, 1.807) is 29.2 Å². The van der Waals surface area contributed by atoms with E-state index in [4.69, 9.17) is 4.42 Å². The maximum atomic E-state index is 12.3. The van der Waals surface area contributed by atoms with Gasteiger partial charge in [-0.25, -0.2) is 4.68 Å². The van der Waals surface area contributed by atoms with Crippen molar-refractivity contribution in [2.45, 2.75) is 32.4 Å². The lowest BCUT2D eigenvalue weighted by molar-refractivity contribution is 0.0719. The molecule has 1 atom stereocenters. The SMILES string of the molecule is Cc1ccc(C(O)CN2CCC(Cn3nc(-c4ccncc4)ccc3=O)CC2)o1. The molecule has 0 radical (unpaired) electrons. The van der Waals surface area contributed by atoms with Gasteiger partial charge in [-0.05, 0) is 69.1 Å². The second-order valence-electron chi connectivity index (χ2n) is 7.68. The number of aliphatic hydroxyl groups is 1. The lowest BCUT2D eigenvalue weighted by atomic mass is 9.96. The molecule has 0 amide bonds. The zero-order chi connectivity index (χ0) is 20.2. The van der Waals surface area contributed by atoms with Crippen LogP contribution in [0.25, 0.3) is 11.3 Å². The second kappa shape index (κ2) is 8.71. The molecule has 1 saturated heterocycles. The van der Waals surface area contributed by atoms with E-state index in [-0.39, 0.29) is 5.56 Å². The summed E-state index contributed by atoms with van der Waals surface area (Å²) in [4.78, 5) is 18.6. The van der Waals surface area contributed by atoms with E-state index in [2.05, 4.69) is 15.0 Å². The highest BCUT2D eigenvalue weighted by Crippen LogP contribution is 2.23. The Hall–Kier alpha value is -2.77. The predicted molar refractivity (Wildman–Crippen MR) is 109 cm³/mol. The van der Waals surface area contributed by atoms with Crippen molar-refractivity contribution in [1.29, 1.82) is 0 Å². The van der Waals surface area contributed by atoms with Gasteiger partial charge in [0.1, 0.15) is 17.6 Å². The molecule has 152 valence electrons. The molecule has 1 aliphatic rings. The van der Waals surface area contributed by atoms with Crippen LogP contribution in [-0.2, 0) is 6.54 Å². The first-order valence-electron chi connectivity index (χ1n) is 10.0. The molecule has 1 unspecified atom stereocenters. The fourth-order valence-corrected chi connectivity index (χ4v) is 3.82. The number of hydrogen-bond donors (Lipinski definition) is 1. The Labute approximate surface area is 169 Å². The fourth-order valence-electron chi connectivity index (χ4n) is 3.82. The minimum atomic E-state index is -0.610. The normalized spacial score (nSPS) is 16.8. The van der Waals surface area contributed by atoms with Crippen LogP contribution in [0.1, 0.15) is 30.5 Å². The lowest BCUT2D eigenvalue weighted by Crippen LogP contribution is -2.38. The number of rotatable bonds is 6. The van der Waals surface area contributed by atoms with Gasteiger partial charge in [0, 0.05) is 37.1 Å². The third-order valence-electron chi connectivity index (χ3n) is 5.50. The molecule has 29 heavy (non-hydrogen) atoms. The third kappa shape index (κ3) is 4.81. The molecule has 3 aromatic heterocycles. The molecule has 4 heterocycles. The molecule has 3 aromatic rings. The van der Waals surface area contributed by atoms with Gasteiger partial charge in [-0.15, -0.1) is 0 Å². The second-order valence-corrected chi connectivity index (χ2v) is 7.68. The zero-order valence-corrected chi connectivity index (χ0v) is 16.6. The average molecular weight is 394 g/mol. The number of likely N-dealkylation sites (tertiary alicyclic amines) is 1. The summed E-state index contributed by atoms with van der Waals surface area (Å²) in [5, 5.41) is 14.9. The fraction of sp³-hybridized carbons (Fsp3) is 0.409. The minimum Gasteiger partial charge on any atom is -0.464 e. The number of aromatic nitrogens is 3. The molecular weight excluding hydrogens is 368 g/mol. The molecule has 7 heteroatoms. The first kappa shape index (κ1) is 19.5. The number of piperidine rings is 1. The summed E-state index contributed by atoms with van der Waals surface area (Å²) < 4.78 is 7.10. The standard InChI is InChI=1S/C22H26N4O3/c1-16-2-4-21(29-16)20(27)15-25-12-8-17(9-13-25)14-26-22(28)5-3-19(24-26)18-6-10-23-11-7-18/h2-7,10-11,17,20,27H,8-9,12-15H2,1H3. The van der Waals surface area contributed by atoms with Crippen molar-refractivity contribution in [2.75, 3.05) is 19.6 Å². The van der Waals surface area contributed by atoms with Crippen molar-refractivity contribution in [2.24, 2.45) is 5.92 Å². The minimum absolute atomic E-state index is 0.0751. The van der Waals surface area contributed by atoms with E-state index in [0.717, 1.165) is 42.9 Å². The van der Waals surface area contributed by atoms with Crippen LogP contribution < -0.4 is 5.56 Å². The summed E-state index contributed by atoms with van der Waals surface area (Å²) in [7, 11) is 0. The number of furan rings is 1. The summed E-state index contributed by atoms with van der Waals surface area (Å²) in [5.41, 5.74) is 1.65. The summed E-state index contributed by atoms with van der Waals surface area (Å²) in [6.45, 7) is 4.84. The van der Waals surface area contributed by atoms with Gasteiger partial charge in [-0.2, -0.15) is 5.10 Å². The van der Waals surface area contributed by atoms with Crippen molar-refractivity contribution in [1.82, 2.24) is 19.7 Å². The number of aliphatic hydroxyl groups excluding tert-OH is 1. The molecule has 0 aromatic carbocycles. The van der Waals surface area contributed by atoms with Crippen molar-refractivity contribution in [3.8, 4) is 11.3 Å². The number of β-amino-alcohol motifs (C(OH)–C–C–N with tert-alkyl or cyclic N) is 1. The average Bonchev–Trinajstić information content (AvgIpc) is 3.18. The van der Waals surface area contributed by atoms with Gasteiger partial charge in [0.15, 0.2) is 0 Å². The van der Waals surface area contributed by atoms with E-state index < -0.39 is 6.10 Å². The van der Waals surface area contributed by atoms with Gasteiger partial charge < -0.3 is 14.4 Å². The summed E-state index contributed by atoms with van der Waals surface area (Å²) in [6, 6.07) is 10.8. The third-order valence-corrected chi connectivity index (χ3v) is 5.50. The molecule has 0 spiro atoms. The number of nitrogens with zero attached hydrogens (tertiary/aromatic N) is 4. The van der Waals surface area contributed by atoms with Gasteiger partial charge in [0.25, 0.3) is 5.56 Å². The van der Waals surface area contributed by atoms with Gasteiger partial charge >= 0.3 is 0 Å². The van der Waals surface area contributed by atoms with Crippen molar-refractivity contribution in [3.63, 3.8) is 0 Å². The Morgan fingerprint density at radius 3 is 2.59 bits per heavy atom. The van der Waals surface area contributed by atoms with Gasteiger partial charge in [-0.3, -0.25) is 9.78 Å². The summed E-state index contributed by atoms with van der Waals surface area (Å²) in [5.74, 6) is 1.82. The van der Waals surface area contributed by atoms with Crippen LogP contribution in [0.4, 0.5) is 0 Å². The molecule has 1 aliphatic heterocycles. The van der Waals surface area contributed by atoms with Crippen molar-refractivity contribution >= 4 is 0 Å². The monoisotopic (exact) mass is 394 g/mol. The lowest BCUT2D eigenvalue weighted by Gasteiger charge is -2.32. The first-order valence-corrected chi connectivity index (χ1v) is 10.0. The van der Waals surface area contributed by atoms with Crippen molar-refractivity contribution < 1.29 is 9.52 Å². The highest BCUT2D eigenvalue weighted by Gasteiger charge is 2.23. The predicted octanol–water partition coefficient (Wildman–Crippen LogP) is 2.65. The van der Waals surface area contributed by atoms with Crippen LogP contribution in [0.2, 0.25) is 0 Å². The number of pyridine rings is 1. The highest BCUT2D eigenvalue weighted by molar-refractivity contribution is 5.56. The number of aryl methyl sites for hydroxylation is 1. The Bertz CT molecular complexity index is 991. The highest BCUT2D eigenvalue weighted by atomic mass is 16.4. The molecule has 4 rings (SSSR count). The van der Waals surface area contributed by atoms with Gasteiger partial charge in [-0.1, -0.05) is 0 Å². The van der Waals surface area contributed by atoms with E-state index in [1.165, 1.54) is 0 Å². The number of hydrogen-bond acceptors (Lipinski definition) is 6. The first-order chi connectivity index (χ1) is 14.1. The van der Waals surface area contributed by atoms with E-state index in [9.17, 15) is 9.90 Å². The molecule has 0 aliphatic carbocycles. The van der Waals surface area contributed by atoms with Crippen LogP contribution in [0, 0.1) is 12.8 Å². The van der Waals surface area contributed by atoms with Crippen LogP contribution in [0.15, 0.2) is 58.0 Å². The summed E-state index contributed by atoms with van der Waals surface area (Å²) in [6.07, 6.45) is 4.78. The maximum absolute atomic E-state index is 12.3. The maximum Gasteiger partial charge on any atom is 0.266 e. The van der Waals surface area contributed by atoms with Crippen LogP contribution in [-0.4, -0.2) is 44.4 Å². The van der Waals surface area contributed by atoms with E-state index in [0.29, 0.717) is 24.8 Å². The Morgan fingerprint density at radius 1 is 1.14 bits per heavy atom. The van der Waals surface area contributed by atoms with Gasteiger partial charge in [0.2, 0.25) is 0 Å². The van der Waals surface area contributed by atoms with E-state index in [1.807, 2.05) is 31.2 Å². The largest absolute Gasteiger partial charge is 0.464 e. The zero-order valence-electron chi connectivity index (χ0n) is 16.6. The molecule has 1 fully saturated rings. The Morgan fingerprint density at radius 2 is 1.90 bits per heavy atom. The van der Waals surface area contributed by atoms with Crippen LogP contribution in [0.3, 0.4) is 0 Å². The molecule has 0 bridgehead atoms. The van der Waals surface area contributed by atoms with Crippen LogP contribution >= 0.6 is 0 Å².